The maximum absolute atomic E-state index is 10.3. The van der Waals surface area contributed by atoms with Crippen molar-refractivity contribution >= 4 is 5.97 Å². The van der Waals surface area contributed by atoms with Gasteiger partial charge in [0.2, 0.25) is 0 Å². The van der Waals surface area contributed by atoms with Gasteiger partial charge in [-0.2, -0.15) is 0 Å². The molecule has 0 amide bonds. The highest BCUT2D eigenvalue weighted by Crippen LogP contribution is 2.23. The predicted molar refractivity (Wildman–Crippen MR) is 125 cm³/mol. The molecule has 1 aromatic rings. The lowest BCUT2D eigenvalue weighted by atomic mass is 10.00. The van der Waals surface area contributed by atoms with Crippen molar-refractivity contribution in [2.75, 3.05) is 6.61 Å². The van der Waals surface area contributed by atoms with E-state index in [0.29, 0.717) is 36.1 Å². The van der Waals surface area contributed by atoms with Crippen molar-refractivity contribution in [3.8, 4) is 5.75 Å². The molecule has 0 saturated heterocycles. The van der Waals surface area contributed by atoms with Crippen LogP contribution in [0, 0.1) is 6.92 Å². The number of aromatic nitrogens is 1. The maximum atomic E-state index is 10.3. The Morgan fingerprint density at radius 1 is 0.848 bits per heavy atom. The summed E-state index contributed by atoms with van der Waals surface area (Å²) < 4.78 is 0. The lowest BCUT2D eigenvalue weighted by Crippen LogP contribution is -2.25. The smallest absolute Gasteiger partial charge is 0.303 e. The van der Waals surface area contributed by atoms with Crippen LogP contribution in [-0.4, -0.2) is 65.5 Å². The number of carbonyl (C=O) groups is 1. The van der Waals surface area contributed by atoms with E-state index >= 15 is 0 Å². The molecular formula is C24H43NO8. The van der Waals surface area contributed by atoms with Crippen LogP contribution < -0.4 is 0 Å². The van der Waals surface area contributed by atoms with E-state index in [0.717, 1.165) is 51.4 Å². The third-order valence-corrected chi connectivity index (χ3v) is 5.50. The number of aryl methyl sites for hydroxylation is 1. The number of rotatable bonds is 17. The Morgan fingerprint density at radius 3 is 1.85 bits per heavy atom. The van der Waals surface area contributed by atoms with Gasteiger partial charge in [-0.3, -0.25) is 9.78 Å². The number of pyridine rings is 1. The predicted octanol–water partition coefficient (Wildman–Crippen LogP) is 2.55. The number of aliphatic hydroxyl groups excluding tert-OH is 5. The van der Waals surface area contributed by atoms with Gasteiger partial charge >= 0.3 is 5.97 Å². The molecule has 0 aliphatic carbocycles. The highest BCUT2D eigenvalue weighted by molar-refractivity contribution is 5.66. The van der Waals surface area contributed by atoms with Crippen molar-refractivity contribution in [1.29, 1.82) is 0 Å². The van der Waals surface area contributed by atoms with Gasteiger partial charge in [0, 0.05) is 30.4 Å². The highest BCUT2D eigenvalue weighted by atomic mass is 16.4. The molecule has 33 heavy (non-hydrogen) atoms. The number of hydrogen-bond donors (Lipinski definition) is 7. The van der Waals surface area contributed by atoms with Crippen LogP contribution >= 0.6 is 0 Å². The maximum Gasteiger partial charge on any atom is 0.303 e. The Bertz CT molecular complexity index is 641. The Kier molecular flexibility index (Phi) is 18.6. The quantitative estimate of drug-likeness (QED) is 0.168. The fourth-order valence-corrected chi connectivity index (χ4v) is 3.36. The monoisotopic (exact) mass is 473 g/mol. The molecule has 0 aliphatic heterocycles. The first-order chi connectivity index (χ1) is 15.8. The molecule has 0 aromatic carbocycles. The zero-order chi connectivity index (χ0) is 25.1. The molecule has 1 aromatic heterocycles. The standard InChI is InChI=1S/C16H32O5.C8H11NO3/c17-13-9-5-4-7-11-15(19)14(18)10-6-2-1-3-8-12-16(20)21;1-5-8(12)7(4-11)6(3-10)2-9-5/h14-15,17-19H,1-13H2,(H,20,21);2,10-12H,3-4H2,1H3. The van der Waals surface area contributed by atoms with Gasteiger partial charge in [-0.25, -0.2) is 0 Å². The summed E-state index contributed by atoms with van der Waals surface area (Å²) in [5, 5.41) is 63.8. The molecule has 0 bridgehead atoms. The number of nitrogens with zero attached hydrogens (tertiary/aromatic N) is 1. The first kappa shape index (κ1) is 31.2. The number of carboxylic acid groups (broad SMARTS) is 1. The average Bonchev–Trinajstić information content (AvgIpc) is 2.79. The molecule has 9 heteroatoms. The van der Waals surface area contributed by atoms with Gasteiger partial charge < -0.3 is 35.7 Å². The van der Waals surface area contributed by atoms with Crippen LogP contribution in [-0.2, 0) is 18.0 Å². The minimum atomic E-state index is -0.743. The first-order valence-electron chi connectivity index (χ1n) is 11.8. The second kappa shape index (κ2) is 19.7. The van der Waals surface area contributed by atoms with E-state index in [1.807, 2.05) is 0 Å². The van der Waals surface area contributed by atoms with Crippen molar-refractivity contribution in [1.82, 2.24) is 4.98 Å². The summed E-state index contributed by atoms with van der Waals surface area (Å²) in [5.74, 6) is -0.781. The van der Waals surface area contributed by atoms with Crippen LogP contribution in [0.2, 0.25) is 0 Å². The molecule has 7 N–H and O–H groups in total. The number of aromatic hydroxyl groups is 1. The van der Waals surface area contributed by atoms with Crippen molar-refractivity contribution in [3.63, 3.8) is 0 Å². The van der Waals surface area contributed by atoms with E-state index in [4.69, 9.17) is 20.4 Å². The molecule has 192 valence electrons. The van der Waals surface area contributed by atoms with Gasteiger partial charge in [-0.05, 0) is 32.6 Å². The lowest BCUT2D eigenvalue weighted by molar-refractivity contribution is -0.137. The number of aliphatic hydroxyl groups is 5. The van der Waals surface area contributed by atoms with Crippen LogP contribution in [0.15, 0.2) is 6.20 Å². The summed E-state index contributed by atoms with van der Waals surface area (Å²) in [7, 11) is 0. The van der Waals surface area contributed by atoms with Crippen molar-refractivity contribution in [2.45, 2.75) is 109 Å². The number of carboxylic acids is 1. The molecule has 0 saturated carbocycles. The van der Waals surface area contributed by atoms with Crippen LogP contribution in [0.25, 0.3) is 0 Å². The minimum absolute atomic E-state index is 0.0379. The SMILES string of the molecule is Cc1ncc(CO)c(CO)c1O.O=C(O)CCCCCCCC(O)C(O)CCCCCCO. The lowest BCUT2D eigenvalue weighted by Gasteiger charge is -2.17. The van der Waals surface area contributed by atoms with Crippen molar-refractivity contribution in [2.24, 2.45) is 0 Å². The van der Waals surface area contributed by atoms with Gasteiger partial charge in [0.05, 0.1) is 31.1 Å². The molecule has 9 nitrogen and oxygen atoms in total. The minimum Gasteiger partial charge on any atom is -0.506 e. The number of hydrogen-bond acceptors (Lipinski definition) is 8. The first-order valence-corrected chi connectivity index (χ1v) is 11.8. The Labute approximate surface area is 196 Å². The fourth-order valence-electron chi connectivity index (χ4n) is 3.36. The highest BCUT2D eigenvalue weighted by Gasteiger charge is 2.15. The van der Waals surface area contributed by atoms with Gasteiger partial charge in [0.25, 0.3) is 0 Å². The Hall–Kier alpha value is -1.78. The normalized spacial score (nSPS) is 12.7. The molecule has 2 atom stereocenters. The summed E-state index contributed by atoms with van der Waals surface area (Å²) in [4.78, 5) is 14.2. The molecule has 1 rings (SSSR count). The molecule has 2 unspecified atom stereocenters. The van der Waals surface area contributed by atoms with E-state index in [-0.39, 0.29) is 32.0 Å². The molecule has 0 fully saturated rings. The Balaban J connectivity index is 0.000000716. The second-order valence-corrected chi connectivity index (χ2v) is 8.27. The summed E-state index contributed by atoms with van der Waals surface area (Å²) in [6, 6.07) is 0. The zero-order valence-corrected chi connectivity index (χ0v) is 19.8. The van der Waals surface area contributed by atoms with E-state index in [9.17, 15) is 20.1 Å². The van der Waals surface area contributed by atoms with Crippen LogP contribution in [0.3, 0.4) is 0 Å². The zero-order valence-electron chi connectivity index (χ0n) is 19.8. The third kappa shape index (κ3) is 14.9. The second-order valence-electron chi connectivity index (χ2n) is 8.27. The topological polar surface area (TPSA) is 172 Å². The molecule has 1 heterocycles. The summed E-state index contributed by atoms with van der Waals surface area (Å²) >= 11 is 0. The van der Waals surface area contributed by atoms with Crippen LogP contribution in [0.5, 0.6) is 5.75 Å². The van der Waals surface area contributed by atoms with Crippen LogP contribution in [0.4, 0.5) is 0 Å². The van der Waals surface area contributed by atoms with E-state index in [1.165, 1.54) is 6.20 Å². The van der Waals surface area contributed by atoms with E-state index in [2.05, 4.69) is 4.98 Å². The number of aliphatic carboxylic acids is 1. The fraction of sp³-hybridized carbons (Fsp3) is 0.750. The summed E-state index contributed by atoms with van der Waals surface area (Å²) in [6.45, 7) is 1.34. The third-order valence-electron chi connectivity index (χ3n) is 5.50. The molecule has 0 aliphatic rings. The summed E-state index contributed by atoms with van der Waals surface area (Å²) in [6.07, 6.45) is 9.70. The summed E-state index contributed by atoms with van der Waals surface area (Å²) in [5.41, 5.74) is 1.27. The molecule has 0 radical (unpaired) electrons. The van der Waals surface area contributed by atoms with Crippen LogP contribution in [0.1, 0.15) is 93.9 Å². The average molecular weight is 474 g/mol. The van der Waals surface area contributed by atoms with Crippen molar-refractivity contribution < 1.29 is 40.5 Å². The molecular weight excluding hydrogens is 430 g/mol. The van der Waals surface area contributed by atoms with Gasteiger partial charge in [0.1, 0.15) is 5.75 Å². The largest absolute Gasteiger partial charge is 0.506 e. The van der Waals surface area contributed by atoms with Crippen molar-refractivity contribution in [3.05, 3.63) is 23.0 Å². The van der Waals surface area contributed by atoms with Gasteiger partial charge in [-0.15, -0.1) is 0 Å². The Morgan fingerprint density at radius 2 is 1.36 bits per heavy atom. The van der Waals surface area contributed by atoms with Gasteiger partial charge in [-0.1, -0.05) is 44.9 Å². The van der Waals surface area contributed by atoms with E-state index < -0.39 is 18.2 Å². The molecule has 0 spiro atoms. The van der Waals surface area contributed by atoms with Gasteiger partial charge in [0.15, 0.2) is 0 Å². The number of unbranched alkanes of at least 4 members (excludes halogenated alkanes) is 7. The van der Waals surface area contributed by atoms with E-state index in [1.54, 1.807) is 6.92 Å².